The molecule has 0 nitrogen and oxygen atoms in total. The molecule has 0 heterocycles. The molecule has 1 aromatic rings. The van der Waals surface area contributed by atoms with Crippen LogP contribution in [-0.4, -0.2) is 0 Å². The molecule has 0 N–H and O–H groups in total. The van der Waals surface area contributed by atoms with Gasteiger partial charge >= 0.3 is 0 Å². The Labute approximate surface area is 133 Å². The second kappa shape index (κ2) is 4.71. The molecule has 4 aliphatic carbocycles. The van der Waals surface area contributed by atoms with E-state index in [1.807, 2.05) is 12.1 Å². The summed E-state index contributed by atoms with van der Waals surface area (Å²) < 4.78 is 14.0. The zero-order valence-electron chi connectivity index (χ0n) is 11.4. The van der Waals surface area contributed by atoms with E-state index in [9.17, 15) is 4.39 Å². The fraction of sp³-hybridized carbons (Fsp3) is 0.647. The van der Waals surface area contributed by atoms with Crippen molar-refractivity contribution in [3.05, 3.63) is 34.1 Å². The second-order valence-corrected chi connectivity index (χ2v) is 8.61. The third-order valence-corrected chi connectivity index (χ3v) is 7.18. The zero-order valence-corrected chi connectivity index (χ0v) is 13.8. The molecule has 5 rings (SSSR count). The first-order valence-corrected chi connectivity index (χ1v) is 8.88. The van der Waals surface area contributed by atoms with Gasteiger partial charge in [-0.15, -0.1) is 11.6 Å². The lowest BCUT2D eigenvalue weighted by molar-refractivity contribution is -0.0552. The Bertz CT molecular complexity index is 507. The van der Waals surface area contributed by atoms with Gasteiger partial charge in [-0.3, -0.25) is 0 Å². The van der Waals surface area contributed by atoms with Gasteiger partial charge in [-0.05, 0) is 95.3 Å². The molecule has 4 aliphatic rings. The van der Waals surface area contributed by atoms with E-state index in [-0.39, 0.29) is 16.6 Å². The van der Waals surface area contributed by atoms with Gasteiger partial charge in [0.1, 0.15) is 5.82 Å². The summed E-state index contributed by atoms with van der Waals surface area (Å²) in [4.78, 5) is 0. The van der Waals surface area contributed by atoms with Gasteiger partial charge in [0.15, 0.2) is 0 Å². The SMILES string of the molecule is Fc1ccc(C(Cl)C23CC4CC(CC(C4)C2)C3)cc1Br. The van der Waals surface area contributed by atoms with Crippen molar-refractivity contribution in [3.8, 4) is 0 Å². The Hall–Kier alpha value is -0.0800. The molecule has 0 radical (unpaired) electrons. The van der Waals surface area contributed by atoms with Crippen LogP contribution in [-0.2, 0) is 0 Å². The Kier molecular flexibility index (Phi) is 3.20. The molecule has 1 unspecified atom stereocenters. The molecule has 0 saturated heterocycles. The van der Waals surface area contributed by atoms with Crippen LogP contribution in [0.15, 0.2) is 22.7 Å². The highest BCUT2D eigenvalue weighted by atomic mass is 79.9. The molecule has 108 valence electrons. The lowest BCUT2D eigenvalue weighted by Crippen LogP contribution is -2.47. The van der Waals surface area contributed by atoms with E-state index in [0.717, 1.165) is 23.3 Å². The lowest BCUT2D eigenvalue weighted by Gasteiger charge is -2.58. The number of hydrogen-bond acceptors (Lipinski definition) is 0. The summed E-state index contributed by atoms with van der Waals surface area (Å²) in [6.07, 6.45) is 8.12. The second-order valence-electron chi connectivity index (χ2n) is 7.32. The molecule has 0 amide bonds. The molecular formula is C17H19BrClF. The van der Waals surface area contributed by atoms with Crippen LogP contribution in [0.1, 0.15) is 49.5 Å². The Morgan fingerprint density at radius 2 is 1.65 bits per heavy atom. The highest BCUT2D eigenvalue weighted by molar-refractivity contribution is 9.10. The minimum Gasteiger partial charge on any atom is -0.206 e. The fourth-order valence-corrected chi connectivity index (χ4v) is 6.31. The monoisotopic (exact) mass is 356 g/mol. The van der Waals surface area contributed by atoms with Crippen molar-refractivity contribution in [3.63, 3.8) is 0 Å². The van der Waals surface area contributed by atoms with Gasteiger partial charge in [-0.2, -0.15) is 0 Å². The highest BCUT2D eigenvalue weighted by Crippen LogP contribution is 2.65. The molecule has 0 aromatic heterocycles. The summed E-state index contributed by atoms with van der Waals surface area (Å²) in [5, 5.41) is 0.0350. The van der Waals surface area contributed by atoms with Crippen molar-refractivity contribution in [1.29, 1.82) is 0 Å². The maximum Gasteiger partial charge on any atom is 0.137 e. The minimum atomic E-state index is -0.205. The Balaban J connectivity index is 1.67. The number of alkyl halides is 1. The van der Waals surface area contributed by atoms with Crippen molar-refractivity contribution in [1.82, 2.24) is 0 Å². The molecule has 0 aliphatic heterocycles. The summed E-state index contributed by atoms with van der Waals surface area (Å²) in [7, 11) is 0. The van der Waals surface area contributed by atoms with Crippen LogP contribution < -0.4 is 0 Å². The summed E-state index contributed by atoms with van der Waals surface area (Å²) in [5.41, 5.74) is 1.36. The number of halogens is 3. The molecule has 1 aromatic carbocycles. The van der Waals surface area contributed by atoms with Crippen molar-refractivity contribution < 1.29 is 4.39 Å². The van der Waals surface area contributed by atoms with Crippen LogP contribution in [0.4, 0.5) is 4.39 Å². The van der Waals surface area contributed by atoms with Crippen molar-refractivity contribution >= 4 is 27.5 Å². The van der Waals surface area contributed by atoms with Crippen LogP contribution in [0.2, 0.25) is 0 Å². The third-order valence-electron chi connectivity index (χ3n) is 5.86. The molecule has 4 fully saturated rings. The summed E-state index contributed by atoms with van der Waals surface area (Å²) in [6, 6.07) is 5.29. The van der Waals surface area contributed by atoms with E-state index < -0.39 is 0 Å². The average molecular weight is 358 g/mol. The van der Waals surface area contributed by atoms with Gasteiger partial charge in [0, 0.05) is 0 Å². The van der Waals surface area contributed by atoms with Crippen molar-refractivity contribution in [2.75, 3.05) is 0 Å². The highest BCUT2D eigenvalue weighted by Gasteiger charge is 2.54. The largest absolute Gasteiger partial charge is 0.206 e. The third kappa shape index (κ3) is 2.06. The van der Waals surface area contributed by atoms with Crippen molar-refractivity contribution in [2.45, 2.75) is 43.9 Å². The maximum atomic E-state index is 13.4. The smallest absolute Gasteiger partial charge is 0.137 e. The van der Waals surface area contributed by atoms with Crippen molar-refractivity contribution in [2.24, 2.45) is 23.2 Å². The number of rotatable bonds is 2. The van der Waals surface area contributed by atoms with Gasteiger partial charge in [0.25, 0.3) is 0 Å². The van der Waals surface area contributed by atoms with Gasteiger partial charge in [-0.1, -0.05) is 6.07 Å². The topological polar surface area (TPSA) is 0 Å². The van der Waals surface area contributed by atoms with Crippen LogP contribution >= 0.6 is 27.5 Å². The molecule has 0 spiro atoms. The quantitative estimate of drug-likeness (QED) is 0.562. The average Bonchev–Trinajstić information content (AvgIpc) is 2.39. The normalized spacial score (nSPS) is 40.0. The van der Waals surface area contributed by atoms with E-state index in [4.69, 9.17) is 11.6 Å². The first-order valence-electron chi connectivity index (χ1n) is 7.65. The standard InChI is InChI=1S/C17H19BrClF/c18-14-6-13(1-2-15(14)20)16(19)17-7-10-3-11(8-17)5-12(4-10)9-17/h1-2,6,10-12,16H,3-5,7-9H2. The molecule has 4 bridgehead atoms. The molecular weight excluding hydrogens is 339 g/mol. The molecule has 4 saturated carbocycles. The fourth-order valence-electron chi connectivity index (χ4n) is 5.51. The molecule has 1 atom stereocenters. The first-order chi connectivity index (χ1) is 9.56. The maximum absolute atomic E-state index is 13.4. The van der Waals surface area contributed by atoms with Gasteiger partial charge < -0.3 is 0 Å². The lowest BCUT2D eigenvalue weighted by atomic mass is 9.48. The Morgan fingerprint density at radius 3 is 2.15 bits per heavy atom. The number of hydrogen-bond donors (Lipinski definition) is 0. The van der Waals surface area contributed by atoms with Crippen LogP contribution in [0.3, 0.4) is 0 Å². The van der Waals surface area contributed by atoms with Gasteiger partial charge in [-0.25, -0.2) is 4.39 Å². The van der Waals surface area contributed by atoms with Crippen LogP contribution in [0.25, 0.3) is 0 Å². The summed E-state index contributed by atoms with van der Waals surface area (Å²) in [6.45, 7) is 0. The van der Waals surface area contributed by atoms with Crippen LogP contribution in [0, 0.1) is 29.0 Å². The molecule has 3 heteroatoms. The van der Waals surface area contributed by atoms with E-state index in [2.05, 4.69) is 15.9 Å². The summed E-state index contributed by atoms with van der Waals surface area (Å²) in [5.74, 6) is 2.48. The Morgan fingerprint density at radius 1 is 1.10 bits per heavy atom. The predicted molar refractivity (Wildman–Crippen MR) is 83.3 cm³/mol. The zero-order chi connectivity index (χ0) is 13.9. The van der Waals surface area contributed by atoms with Gasteiger partial charge in [0.05, 0.1) is 9.85 Å². The number of benzene rings is 1. The van der Waals surface area contributed by atoms with E-state index >= 15 is 0 Å². The van der Waals surface area contributed by atoms with E-state index in [1.54, 1.807) is 0 Å². The first kappa shape index (κ1) is 13.6. The van der Waals surface area contributed by atoms with Gasteiger partial charge in [0.2, 0.25) is 0 Å². The predicted octanol–water partition coefficient (Wildman–Crippen LogP) is 6.08. The minimum absolute atomic E-state index is 0.0350. The molecule has 20 heavy (non-hydrogen) atoms. The van der Waals surface area contributed by atoms with E-state index in [0.29, 0.717) is 4.47 Å². The van der Waals surface area contributed by atoms with Crippen LogP contribution in [0.5, 0.6) is 0 Å². The summed E-state index contributed by atoms with van der Waals surface area (Å²) >= 11 is 10.2. The van der Waals surface area contributed by atoms with E-state index in [1.165, 1.54) is 44.6 Å².